The number of rotatable bonds is 5. The van der Waals surface area contributed by atoms with Crippen LogP contribution in [0.3, 0.4) is 0 Å². The summed E-state index contributed by atoms with van der Waals surface area (Å²) in [6, 6.07) is 5.60. The van der Waals surface area contributed by atoms with Gasteiger partial charge in [0.1, 0.15) is 11.6 Å². The molecule has 0 saturated carbocycles. The van der Waals surface area contributed by atoms with E-state index >= 15 is 0 Å². The Morgan fingerprint density at radius 3 is 2.76 bits per heavy atom. The third-order valence-corrected chi connectivity index (χ3v) is 3.44. The van der Waals surface area contributed by atoms with Gasteiger partial charge >= 0.3 is 5.97 Å². The van der Waals surface area contributed by atoms with Gasteiger partial charge in [0.2, 0.25) is 0 Å². The Bertz CT molecular complexity index is 702. The molecule has 0 saturated heterocycles. The minimum Gasteiger partial charge on any atom is -0.480 e. The number of aromatic nitrogens is 1. The Labute approximate surface area is 121 Å². The second-order valence-electron chi connectivity index (χ2n) is 4.63. The van der Waals surface area contributed by atoms with Gasteiger partial charge in [-0.2, -0.15) is 0 Å². The van der Waals surface area contributed by atoms with Gasteiger partial charge in [-0.25, -0.2) is 9.78 Å². The Morgan fingerprint density at radius 2 is 2.19 bits per heavy atom. The van der Waals surface area contributed by atoms with Crippen LogP contribution in [-0.2, 0) is 4.79 Å². The van der Waals surface area contributed by atoms with Gasteiger partial charge in [-0.15, -0.1) is 0 Å². The second kappa shape index (κ2) is 5.74. The molecular formula is C14H15N3O4. The van der Waals surface area contributed by atoms with Gasteiger partial charge in [0.05, 0.1) is 4.92 Å². The first kappa shape index (κ1) is 14.7. The maximum atomic E-state index is 11.3. The van der Waals surface area contributed by atoms with Crippen molar-refractivity contribution < 1.29 is 14.8 Å². The Hall–Kier alpha value is -2.70. The topological polar surface area (TPSA) is 96.6 Å². The van der Waals surface area contributed by atoms with E-state index in [-0.39, 0.29) is 11.2 Å². The molecule has 0 radical (unpaired) electrons. The summed E-state index contributed by atoms with van der Waals surface area (Å²) in [7, 11) is 1.66. The third-order valence-electron chi connectivity index (χ3n) is 3.44. The van der Waals surface area contributed by atoms with Crippen LogP contribution in [-0.4, -0.2) is 34.1 Å². The monoisotopic (exact) mass is 289 g/mol. The molecule has 7 nitrogen and oxygen atoms in total. The number of non-ortho nitro benzene ring substituents is 1. The summed E-state index contributed by atoms with van der Waals surface area (Å²) in [6.07, 6.45) is 1.90. The van der Waals surface area contributed by atoms with Crippen LogP contribution in [0.1, 0.15) is 13.3 Å². The Kier molecular flexibility index (Phi) is 4.02. The van der Waals surface area contributed by atoms with Crippen molar-refractivity contribution in [2.45, 2.75) is 19.4 Å². The van der Waals surface area contributed by atoms with Gasteiger partial charge in [-0.1, -0.05) is 6.92 Å². The van der Waals surface area contributed by atoms with Crippen LogP contribution >= 0.6 is 0 Å². The Morgan fingerprint density at radius 1 is 1.48 bits per heavy atom. The predicted molar refractivity (Wildman–Crippen MR) is 78.5 cm³/mol. The van der Waals surface area contributed by atoms with E-state index in [1.54, 1.807) is 37.1 Å². The molecule has 0 aliphatic rings. The standard InChI is InChI=1S/C14H15N3O4/c1-3-10(14(18)19)16(2)11-6-7-12(17(20)21)13-9(11)5-4-8-15-13/h4-8,10H,3H2,1-2H3,(H,18,19). The number of nitro groups is 1. The number of anilines is 1. The molecule has 1 heterocycles. The Balaban J connectivity index is 2.63. The fourth-order valence-corrected chi connectivity index (χ4v) is 2.38. The minimum absolute atomic E-state index is 0.0916. The van der Waals surface area contributed by atoms with Gasteiger partial charge < -0.3 is 10.0 Å². The number of carboxylic acids is 1. The highest BCUT2D eigenvalue weighted by Crippen LogP contribution is 2.32. The number of fused-ring (bicyclic) bond motifs is 1. The number of nitro benzene ring substituents is 1. The van der Waals surface area contributed by atoms with Crippen LogP contribution in [0.15, 0.2) is 30.5 Å². The van der Waals surface area contributed by atoms with Crippen molar-refractivity contribution in [3.63, 3.8) is 0 Å². The molecule has 110 valence electrons. The molecule has 1 aromatic heterocycles. The van der Waals surface area contributed by atoms with Crippen molar-refractivity contribution in [2.24, 2.45) is 0 Å². The van der Waals surface area contributed by atoms with Crippen LogP contribution in [0.2, 0.25) is 0 Å². The minimum atomic E-state index is -0.935. The summed E-state index contributed by atoms with van der Waals surface area (Å²) in [5.74, 6) is -0.935. The summed E-state index contributed by atoms with van der Waals surface area (Å²) >= 11 is 0. The third kappa shape index (κ3) is 2.62. The van der Waals surface area contributed by atoms with E-state index in [0.29, 0.717) is 17.5 Å². The van der Waals surface area contributed by atoms with E-state index in [1.807, 2.05) is 0 Å². The quantitative estimate of drug-likeness (QED) is 0.670. The lowest BCUT2D eigenvalue weighted by molar-refractivity contribution is -0.383. The van der Waals surface area contributed by atoms with Crippen LogP contribution in [0, 0.1) is 10.1 Å². The summed E-state index contributed by atoms with van der Waals surface area (Å²) < 4.78 is 0. The van der Waals surface area contributed by atoms with Crippen LogP contribution < -0.4 is 4.90 Å². The van der Waals surface area contributed by atoms with E-state index in [2.05, 4.69) is 4.98 Å². The predicted octanol–water partition coefficient (Wildman–Crippen LogP) is 2.44. The summed E-state index contributed by atoms with van der Waals surface area (Å²) in [4.78, 5) is 27.5. The first-order valence-electron chi connectivity index (χ1n) is 6.45. The molecule has 0 amide bonds. The normalized spacial score (nSPS) is 12.1. The number of benzene rings is 1. The highest BCUT2D eigenvalue weighted by Gasteiger charge is 2.24. The fourth-order valence-electron chi connectivity index (χ4n) is 2.38. The van der Waals surface area contributed by atoms with Crippen LogP contribution in [0.4, 0.5) is 11.4 Å². The zero-order valence-electron chi connectivity index (χ0n) is 11.7. The number of carboxylic acid groups (broad SMARTS) is 1. The summed E-state index contributed by atoms with van der Waals surface area (Å²) in [6.45, 7) is 1.78. The maximum absolute atomic E-state index is 11.3. The van der Waals surface area contributed by atoms with Crippen molar-refractivity contribution in [1.29, 1.82) is 0 Å². The molecule has 1 atom stereocenters. The number of aliphatic carboxylic acids is 1. The van der Waals surface area contributed by atoms with E-state index in [9.17, 15) is 20.0 Å². The highest BCUT2D eigenvalue weighted by molar-refractivity contribution is 5.98. The number of pyridine rings is 1. The molecule has 1 aromatic carbocycles. The van der Waals surface area contributed by atoms with Gasteiger partial charge in [0, 0.05) is 30.4 Å². The molecule has 0 spiro atoms. The smallest absolute Gasteiger partial charge is 0.326 e. The molecule has 0 aliphatic heterocycles. The fraction of sp³-hybridized carbons (Fsp3) is 0.286. The lowest BCUT2D eigenvalue weighted by Gasteiger charge is -2.26. The number of hydrogen-bond donors (Lipinski definition) is 1. The molecule has 2 aromatic rings. The van der Waals surface area contributed by atoms with Crippen molar-refractivity contribution in [3.05, 3.63) is 40.6 Å². The first-order chi connectivity index (χ1) is 9.97. The number of carbonyl (C=O) groups is 1. The number of nitrogens with zero attached hydrogens (tertiary/aromatic N) is 3. The van der Waals surface area contributed by atoms with Gasteiger partial charge in [-0.05, 0) is 24.6 Å². The largest absolute Gasteiger partial charge is 0.480 e. The van der Waals surface area contributed by atoms with E-state index in [4.69, 9.17) is 0 Å². The van der Waals surface area contributed by atoms with Crippen molar-refractivity contribution in [1.82, 2.24) is 4.98 Å². The zero-order chi connectivity index (χ0) is 15.6. The SMILES string of the molecule is CCC(C(=O)O)N(C)c1ccc([N+](=O)[O-])c2ncccc12. The van der Waals surface area contributed by atoms with E-state index < -0.39 is 16.9 Å². The van der Waals surface area contributed by atoms with E-state index in [0.717, 1.165) is 0 Å². The first-order valence-corrected chi connectivity index (χ1v) is 6.45. The van der Waals surface area contributed by atoms with Gasteiger partial charge in [0.15, 0.2) is 0 Å². The van der Waals surface area contributed by atoms with Crippen molar-refractivity contribution in [3.8, 4) is 0 Å². The average molecular weight is 289 g/mol. The molecular weight excluding hydrogens is 274 g/mol. The second-order valence-corrected chi connectivity index (χ2v) is 4.63. The lowest BCUT2D eigenvalue weighted by atomic mass is 10.1. The molecule has 0 aliphatic carbocycles. The molecule has 0 fully saturated rings. The molecule has 2 rings (SSSR count). The summed E-state index contributed by atoms with van der Waals surface area (Å²) in [5.41, 5.74) is 0.774. The van der Waals surface area contributed by atoms with Crippen molar-refractivity contribution in [2.75, 3.05) is 11.9 Å². The highest BCUT2D eigenvalue weighted by atomic mass is 16.6. The van der Waals surface area contributed by atoms with Crippen molar-refractivity contribution >= 4 is 28.2 Å². The molecule has 21 heavy (non-hydrogen) atoms. The van der Waals surface area contributed by atoms with Gasteiger partial charge in [0.25, 0.3) is 5.69 Å². The van der Waals surface area contributed by atoms with Crippen LogP contribution in [0.5, 0.6) is 0 Å². The van der Waals surface area contributed by atoms with Gasteiger partial charge in [-0.3, -0.25) is 10.1 Å². The lowest BCUT2D eigenvalue weighted by Crippen LogP contribution is -2.38. The molecule has 1 N–H and O–H groups in total. The molecule has 0 bridgehead atoms. The average Bonchev–Trinajstić information content (AvgIpc) is 2.46. The number of hydrogen-bond acceptors (Lipinski definition) is 5. The number of likely N-dealkylation sites (N-methyl/N-ethyl adjacent to an activating group) is 1. The van der Waals surface area contributed by atoms with E-state index in [1.165, 1.54) is 12.3 Å². The zero-order valence-corrected chi connectivity index (χ0v) is 11.7. The van der Waals surface area contributed by atoms with Crippen LogP contribution in [0.25, 0.3) is 10.9 Å². The molecule has 7 heteroatoms. The molecule has 1 unspecified atom stereocenters. The summed E-state index contributed by atoms with van der Waals surface area (Å²) in [5, 5.41) is 20.9. The maximum Gasteiger partial charge on any atom is 0.326 e.